The van der Waals surface area contributed by atoms with E-state index in [0.29, 0.717) is 18.4 Å². The Kier molecular flexibility index (Phi) is 5.77. The van der Waals surface area contributed by atoms with Crippen LogP contribution in [0.3, 0.4) is 0 Å². The van der Waals surface area contributed by atoms with E-state index in [1.807, 2.05) is 11.8 Å². The van der Waals surface area contributed by atoms with Gasteiger partial charge in [-0.3, -0.25) is 4.79 Å². The lowest BCUT2D eigenvalue weighted by Crippen LogP contribution is -2.23. The third-order valence-corrected chi connectivity index (χ3v) is 7.01. The number of fused-ring (bicyclic) bond motifs is 1. The van der Waals surface area contributed by atoms with Gasteiger partial charge >= 0.3 is 0 Å². The topological polar surface area (TPSA) is 29.5 Å². The average molecular weight is 394 g/mol. The molecule has 2 aromatic rings. The highest BCUT2D eigenvalue weighted by Gasteiger charge is 2.29. The van der Waals surface area contributed by atoms with Crippen LogP contribution < -0.4 is 0 Å². The van der Waals surface area contributed by atoms with E-state index in [9.17, 15) is 4.79 Å². The highest BCUT2D eigenvalue weighted by molar-refractivity contribution is 8.03. The molecule has 3 nitrogen and oxygen atoms in total. The molecule has 0 amide bonds. The van der Waals surface area contributed by atoms with Crippen molar-refractivity contribution in [1.82, 2.24) is 4.90 Å². The molecule has 2 aromatic carbocycles. The van der Waals surface area contributed by atoms with E-state index in [1.165, 1.54) is 29.2 Å². The molecule has 1 saturated carbocycles. The van der Waals surface area contributed by atoms with Gasteiger partial charge < -0.3 is 9.64 Å². The van der Waals surface area contributed by atoms with Crippen LogP contribution in [0.25, 0.3) is 10.8 Å². The largest absolute Gasteiger partial charge is 0.490 e. The van der Waals surface area contributed by atoms with Crippen LogP contribution in [-0.2, 0) is 16.0 Å². The predicted molar refractivity (Wildman–Crippen MR) is 117 cm³/mol. The smallest absolute Gasteiger partial charge is 0.152 e. The zero-order valence-electron chi connectivity index (χ0n) is 16.6. The third-order valence-electron chi connectivity index (χ3n) is 5.62. The summed E-state index contributed by atoms with van der Waals surface area (Å²) in [6.45, 7) is 2.97. The van der Waals surface area contributed by atoms with Crippen LogP contribution in [0.2, 0.25) is 0 Å². The average Bonchev–Trinajstić information content (AvgIpc) is 3.48. The molecule has 0 aromatic heterocycles. The van der Waals surface area contributed by atoms with Gasteiger partial charge in [-0.1, -0.05) is 42.5 Å². The Morgan fingerprint density at radius 2 is 2.00 bits per heavy atom. The second-order valence-electron chi connectivity index (χ2n) is 7.80. The molecule has 2 fully saturated rings. The fourth-order valence-electron chi connectivity index (χ4n) is 3.57. The molecule has 28 heavy (non-hydrogen) atoms. The first-order valence-electron chi connectivity index (χ1n) is 10.0. The minimum Gasteiger partial charge on any atom is -0.490 e. The summed E-state index contributed by atoms with van der Waals surface area (Å²) < 4.78 is 6.36. The number of carbonyl (C=O) groups is 1. The van der Waals surface area contributed by atoms with Gasteiger partial charge in [0.1, 0.15) is 11.3 Å². The van der Waals surface area contributed by atoms with Crippen molar-refractivity contribution in [2.75, 3.05) is 19.4 Å². The van der Waals surface area contributed by atoms with Gasteiger partial charge in [-0.05, 0) is 48.1 Å². The van der Waals surface area contributed by atoms with E-state index in [-0.39, 0.29) is 0 Å². The second kappa shape index (κ2) is 8.44. The van der Waals surface area contributed by atoms with Crippen LogP contribution in [0.5, 0.6) is 0 Å². The van der Waals surface area contributed by atoms with Crippen molar-refractivity contribution >= 4 is 28.8 Å². The number of hydrogen-bond donors (Lipinski definition) is 0. The van der Waals surface area contributed by atoms with Crippen LogP contribution >= 0.6 is 11.8 Å². The van der Waals surface area contributed by atoms with Crippen molar-refractivity contribution in [3.8, 4) is 0 Å². The molecule has 1 saturated heterocycles. The summed E-state index contributed by atoms with van der Waals surface area (Å²) in [6.07, 6.45) is 5.77. The molecular weight excluding hydrogens is 366 g/mol. The minimum absolute atomic E-state index is 0.467. The van der Waals surface area contributed by atoms with Gasteiger partial charge in [-0.2, -0.15) is 0 Å². The number of aldehydes is 1. The lowest BCUT2D eigenvalue weighted by atomic mass is 9.97. The summed E-state index contributed by atoms with van der Waals surface area (Å²) >= 11 is 1.83. The van der Waals surface area contributed by atoms with E-state index in [0.717, 1.165) is 35.0 Å². The zero-order valence-corrected chi connectivity index (χ0v) is 17.4. The first-order chi connectivity index (χ1) is 13.7. The molecule has 4 heteroatoms. The van der Waals surface area contributed by atoms with E-state index in [4.69, 9.17) is 4.74 Å². The number of thioether (sulfide) groups is 1. The molecular formula is C24H27NO2S. The molecule has 0 bridgehead atoms. The van der Waals surface area contributed by atoms with Gasteiger partial charge in [0.15, 0.2) is 5.76 Å². The van der Waals surface area contributed by atoms with Gasteiger partial charge in [0.05, 0.1) is 6.61 Å². The van der Waals surface area contributed by atoms with E-state index in [2.05, 4.69) is 61.3 Å². The molecule has 2 aliphatic rings. The van der Waals surface area contributed by atoms with Crippen LogP contribution in [0.15, 0.2) is 64.9 Å². The Bertz CT molecular complexity index is 924. The van der Waals surface area contributed by atoms with Gasteiger partial charge in [0, 0.05) is 30.8 Å². The van der Waals surface area contributed by atoms with Gasteiger partial charge in [-0.15, -0.1) is 11.8 Å². The Morgan fingerprint density at radius 1 is 1.21 bits per heavy atom. The molecule has 1 aliphatic heterocycles. The summed E-state index contributed by atoms with van der Waals surface area (Å²) in [4.78, 5) is 13.8. The number of hydrogen-bond acceptors (Lipinski definition) is 4. The lowest BCUT2D eigenvalue weighted by Gasteiger charge is -2.23. The standard InChI is InChI=1S/C24H27NO2S/c1-17-16-28-24(25(17)2)23(27-15-18-10-11-18)21(12-13-26)14-20-8-5-7-19-6-3-4-9-22(19)20/h3-9,12-13,17-18H,10-11,14-16H2,1-2H3/b21-12-,24-23-. The molecule has 146 valence electrons. The number of nitrogens with zero attached hydrogens (tertiary/aromatic N) is 1. The fourth-order valence-corrected chi connectivity index (χ4v) is 4.89. The van der Waals surface area contributed by atoms with E-state index >= 15 is 0 Å². The van der Waals surface area contributed by atoms with Crippen LogP contribution in [0, 0.1) is 5.92 Å². The van der Waals surface area contributed by atoms with Crippen molar-refractivity contribution in [3.63, 3.8) is 0 Å². The van der Waals surface area contributed by atoms with E-state index in [1.54, 1.807) is 6.08 Å². The maximum atomic E-state index is 11.5. The van der Waals surface area contributed by atoms with Crippen molar-refractivity contribution in [1.29, 1.82) is 0 Å². The van der Waals surface area contributed by atoms with Gasteiger partial charge in [-0.25, -0.2) is 0 Å². The molecule has 1 unspecified atom stereocenters. The Morgan fingerprint density at radius 3 is 2.71 bits per heavy atom. The molecule has 4 rings (SSSR count). The van der Waals surface area contributed by atoms with Crippen molar-refractivity contribution in [3.05, 3.63) is 70.5 Å². The Labute approximate surface area is 171 Å². The predicted octanol–water partition coefficient (Wildman–Crippen LogP) is 5.17. The summed E-state index contributed by atoms with van der Waals surface area (Å²) in [6, 6.07) is 15.3. The maximum Gasteiger partial charge on any atom is 0.152 e. The molecule has 0 N–H and O–H groups in total. The minimum atomic E-state index is 0.467. The Balaban J connectivity index is 1.71. The number of carbonyl (C=O) groups excluding carboxylic acids is 1. The van der Waals surface area contributed by atoms with Gasteiger partial charge in [0.2, 0.25) is 0 Å². The SMILES string of the molecule is CC1CS/C(=C(OCC2CC2)/C(=C\C=O)Cc2cccc3ccccc23)N1C. The zero-order chi connectivity index (χ0) is 19.5. The second-order valence-corrected chi connectivity index (χ2v) is 8.81. The molecule has 1 heterocycles. The first-order valence-corrected chi connectivity index (χ1v) is 11.0. The normalized spacial score (nSPS) is 21.9. The van der Waals surface area contributed by atoms with Crippen LogP contribution in [-0.4, -0.2) is 36.6 Å². The number of rotatable bonds is 7. The highest BCUT2D eigenvalue weighted by Crippen LogP contribution is 2.39. The van der Waals surface area contributed by atoms with Crippen molar-refractivity contribution in [2.45, 2.75) is 32.2 Å². The summed E-state index contributed by atoms with van der Waals surface area (Å²) in [5.74, 6) is 2.61. The lowest BCUT2D eigenvalue weighted by molar-refractivity contribution is -0.104. The third kappa shape index (κ3) is 4.12. The Hall–Kier alpha value is -2.20. The quantitative estimate of drug-likeness (QED) is 0.369. The van der Waals surface area contributed by atoms with Crippen LogP contribution in [0.1, 0.15) is 25.3 Å². The molecule has 0 radical (unpaired) electrons. The highest BCUT2D eigenvalue weighted by atomic mass is 32.2. The summed E-state index contributed by atoms with van der Waals surface area (Å²) in [5, 5.41) is 3.61. The monoisotopic (exact) mass is 393 g/mol. The molecule has 1 atom stereocenters. The summed E-state index contributed by atoms with van der Waals surface area (Å²) in [5.41, 5.74) is 2.19. The first kappa shape index (κ1) is 19.1. The maximum absolute atomic E-state index is 11.5. The molecule has 1 aliphatic carbocycles. The number of allylic oxidation sites excluding steroid dienone is 2. The van der Waals surface area contributed by atoms with E-state index < -0.39 is 0 Å². The van der Waals surface area contributed by atoms with Crippen LogP contribution in [0.4, 0.5) is 0 Å². The molecule has 0 spiro atoms. The van der Waals surface area contributed by atoms with Crippen molar-refractivity contribution < 1.29 is 9.53 Å². The number of ether oxygens (including phenoxy) is 1. The van der Waals surface area contributed by atoms with Gasteiger partial charge in [0.25, 0.3) is 0 Å². The summed E-state index contributed by atoms with van der Waals surface area (Å²) in [7, 11) is 2.12. The fraction of sp³-hybridized carbons (Fsp3) is 0.375. The van der Waals surface area contributed by atoms with Crippen molar-refractivity contribution in [2.24, 2.45) is 5.92 Å². The number of benzene rings is 2.